The molecule has 1 unspecified atom stereocenters. The Kier molecular flexibility index (Phi) is 4.89. The smallest absolute Gasteiger partial charge is 0.300 e. The second-order valence-electron chi connectivity index (χ2n) is 5.70. The first-order valence-corrected chi connectivity index (χ1v) is 9.02. The summed E-state index contributed by atoms with van der Waals surface area (Å²) in [6, 6.07) is 7.89. The minimum atomic E-state index is -3.88. The standard InChI is InChI=1S/C16H18N2O6S/c1-11-3-5-14(6-4-11)25(20,21)23-10-13-8-18-12(9-22-2)7-15(19)17-16(18)24-13/h3-7,13H,8-10H2,1-2H3. The molecule has 8 nitrogen and oxygen atoms in total. The van der Waals surface area contributed by atoms with Crippen LogP contribution in [0.5, 0.6) is 6.01 Å². The second-order valence-corrected chi connectivity index (χ2v) is 7.32. The maximum Gasteiger partial charge on any atom is 0.300 e. The zero-order chi connectivity index (χ0) is 18.0. The summed E-state index contributed by atoms with van der Waals surface area (Å²) in [4.78, 5) is 15.4. The summed E-state index contributed by atoms with van der Waals surface area (Å²) in [6.07, 6.45) is -0.565. The summed E-state index contributed by atoms with van der Waals surface area (Å²) in [5, 5.41) is 0. The molecule has 134 valence electrons. The van der Waals surface area contributed by atoms with Gasteiger partial charge >= 0.3 is 6.01 Å². The van der Waals surface area contributed by atoms with E-state index in [0.29, 0.717) is 12.2 Å². The number of ether oxygens (including phenoxy) is 2. The number of fused-ring (bicyclic) bond motifs is 1. The Morgan fingerprint density at radius 2 is 2.04 bits per heavy atom. The van der Waals surface area contributed by atoms with Crippen LogP contribution >= 0.6 is 0 Å². The Hall–Kier alpha value is -2.23. The number of rotatable bonds is 6. The Morgan fingerprint density at radius 3 is 2.72 bits per heavy atom. The Balaban J connectivity index is 1.70. The molecule has 0 saturated carbocycles. The van der Waals surface area contributed by atoms with Gasteiger partial charge < -0.3 is 9.47 Å². The lowest BCUT2D eigenvalue weighted by atomic mass is 10.2. The molecule has 2 aromatic rings. The first kappa shape index (κ1) is 17.6. The average Bonchev–Trinajstić information content (AvgIpc) is 2.97. The minimum absolute atomic E-state index is 0.0845. The number of hydrogen-bond acceptors (Lipinski definition) is 7. The normalized spacial score (nSPS) is 16.5. The van der Waals surface area contributed by atoms with Crippen LogP contribution in [0.3, 0.4) is 0 Å². The van der Waals surface area contributed by atoms with Crippen molar-refractivity contribution in [2.45, 2.75) is 31.1 Å². The third-order valence-corrected chi connectivity index (χ3v) is 5.04. The van der Waals surface area contributed by atoms with E-state index in [-0.39, 0.29) is 24.1 Å². The summed E-state index contributed by atoms with van der Waals surface area (Å²) in [6.45, 7) is 2.24. The fraction of sp³-hybridized carbons (Fsp3) is 0.375. The van der Waals surface area contributed by atoms with Crippen LogP contribution in [-0.4, -0.2) is 37.8 Å². The van der Waals surface area contributed by atoms with Crippen molar-refractivity contribution >= 4 is 10.1 Å². The number of aromatic nitrogens is 2. The van der Waals surface area contributed by atoms with E-state index >= 15 is 0 Å². The van der Waals surface area contributed by atoms with Crippen LogP contribution in [0.2, 0.25) is 0 Å². The van der Waals surface area contributed by atoms with Crippen LogP contribution in [0.1, 0.15) is 11.3 Å². The van der Waals surface area contributed by atoms with E-state index < -0.39 is 21.8 Å². The number of nitrogens with zero attached hydrogens (tertiary/aromatic N) is 2. The summed E-state index contributed by atoms with van der Waals surface area (Å²) in [5.41, 5.74) is 1.13. The number of hydrogen-bond donors (Lipinski definition) is 0. The fourth-order valence-electron chi connectivity index (χ4n) is 2.50. The molecule has 0 N–H and O–H groups in total. The van der Waals surface area contributed by atoms with Gasteiger partial charge in [-0.3, -0.25) is 13.5 Å². The molecule has 0 amide bonds. The van der Waals surface area contributed by atoms with E-state index in [4.69, 9.17) is 13.7 Å². The second kappa shape index (κ2) is 6.95. The number of aryl methyl sites for hydroxylation is 1. The SMILES string of the molecule is COCc1cc(=O)nc2n1CC(COS(=O)(=O)c1ccc(C)cc1)O2. The van der Waals surface area contributed by atoms with Crippen molar-refractivity contribution < 1.29 is 22.1 Å². The van der Waals surface area contributed by atoms with Gasteiger partial charge in [-0.05, 0) is 19.1 Å². The van der Waals surface area contributed by atoms with Gasteiger partial charge in [0, 0.05) is 13.2 Å². The zero-order valence-corrected chi connectivity index (χ0v) is 14.7. The van der Waals surface area contributed by atoms with Crippen molar-refractivity contribution in [3.8, 4) is 6.01 Å². The molecule has 0 radical (unpaired) electrons. The zero-order valence-electron chi connectivity index (χ0n) is 13.8. The van der Waals surface area contributed by atoms with Crippen LogP contribution in [0.25, 0.3) is 0 Å². The maximum atomic E-state index is 12.2. The molecule has 1 aliphatic rings. The van der Waals surface area contributed by atoms with E-state index in [1.165, 1.54) is 25.3 Å². The van der Waals surface area contributed by atoms with E-state index in [2.05, 4.69) is 4.98 Å². The van der Waals surface area contributed by atoms with Crippen LogP contribution in [0.4, 0.5) is 0 Å². The van der Waals surface area contributed by atoms with Gasteiger partial charge in [0.05, 0.1) is 23.7 Å². The summed E-state index contributed by atoms with van der Waals surface area (Å²) in [7, 11) is -2.36. The fourth-order valence-corrected chi connectivity index (χ4v) is 3.43. The molecular weight excluding hydrogens is 348 g/mol. The molecule has 0 fully saturated rings. The van der Waals surface area contributed by atoms with Crippen LogP contribution in [0.15, 0.2) is 40.0 Å². The van der Waals surface area contributed by atoms with Crippen molar-refractivity contribution in [3.05, 3.63) is 51.9 Å². The molecule has 0 spiro atoms. The van der Waals surface area contributed by atoms with E-state index in [9.17, 15) is 13.2 Å². The predicted molar refractivity (Wildman–Crippen MR) is 87.9 cm³/mol. The van der Waals surface area contributed by atoms with Crippen LogP contribution in [0, 0.1) is 6.92 Å². The highest BCUT2D eigenvalue weighted by Gasteiger charge is 2.28. The first-order valence-electron chi connectivity index (χ1n) is 7.61. The van der Waals surface area contributed by atoms with Gasteiger partial charge in [0.2, 0.25) is 0 Å². The van der Waals surface area contributed by atoms with Gasteiger partial charge in [0.1, 0.15) is 12.7 Å². The van der Waals surface area contributed by atoms with E-state index in [0.717, 1.165) is 5.56 Å². The van der Waals surface area contributed by atoms with Gasteiger partial charge in [0.15, 0.2) is 0 Å². The van der Waals surface area contributed by atoms with Gasteiger partial charge in [-0.25, -0.2) is 0 Å². The molecule has 1 aromatic carbocycles. The molecule has 0 aliphatic carbocycles. The molecule has 3 rings (SSSR count). The molecule has 9 heteroatoms. The van der Waals surface area contributed by atoms with Crippen molar-refractivity contribution in [2.24, 2.45) is 0 Å². The van der Waals surface area contributed by atoms with Gasteiger partial charge in [-0.1, -0.05) is 17.7 Å². The molecule has 0 saturated heterocycles. The largest absolute Gasteiger partial charge is 0.457 e. The Bertz CT molecular complexity index is 921. The van der Waals surface area contributed by atoms with Crippen molar-refractivity contribution in [1.82, 2.24) is 9.55 Å². The van der Waals surface area contributed by atoms with Gasteiger partial charge in [-0.15, -0.1) is 0 Å². The monoisotopic (exact) mass is 366 g/mol. The molecular formula is C16H18N2O6S. The van der Waals surface area contributed by atoms with Gasteiger partial charge in [-0.2, -0.15) is 13.4 Å². The third-order valence-electron chi connectivity index (χ3n) is 3.74. The lowest BCUT2D eigenvalue weighted by Crippen LogP contribution is -2.24. The summed E-state index contributed by atoms with van der Waals surface area (Å²) < 4.78 is 41.8. The van der Waals surface area contributed by atoms with Crippen LogP contribution < -0.4 is 10.3 Å². The first-order chi connectivity index (χ1) is 11.9. The third kappa shape index (κ3) is 3.89. The van der Waals surface area contributed by atoms with E-state index in [1.54, 1.807) is 16.7 Å². The molecule has 1 aliphatic heterocycles. The summed E-state index contributed by atoms with van der Waals surface area (Å²) >= 11 is 0. The molecule has 1 aromatic heterocycles. The van der Waals surface area contributed by atoms with Crippen molar-refractivity contribution in [3.63, 3.8) is 0 Å². The Labute approximate surface area is 145 Å². The molecule has 25 heavy (non-hydrogen) atoms. The number of benzene rings is 1. The number of methoxy groups -OCH3 is 1. The molecule has 2 heterocycles. The molecule has 0 bridgehead atoms. The van der Waals surface area contributed by atoms with Gasteiger partial charge in [0.25, 0.3) is 15.7 Å². The quantitative estimate of drug-likeness (QED) is 0.700. The highest BCUT2D eigenvalue weighted by molar-refractivity contribution is 7.86. The average molecular weight is 366 g/mol. The predicted octanol–water partition coefficient (Wildman–Crippen LogP) is 0.865. The molecule has 1 atom stereocenters. The van der Waals surface area contributed by atoms with Crippen molar-refractivity contribution in [2.75, 3.05) is 13.7 Å². The van der Waals surface area contributed by atoms with Crippen LogP contribution in [-0.2, 0) is 32.2 Å². The highest BCUT2D eigenvalue weighted by Crippen LogP contribution is 2.22. The minimum Gasteiger partial charge on any atom is -0.457 e. The Morgan fingerprint density at radius 1 is 1.32 bits per heavy atom. The lowest BCUT2D eigenvalue weighted by molar-refractivity contribution is 0.147. The van der Waals surface area contributed by atoms with E-state index in [1.807, 2.05) is 6.92 Å². The topological polar surface area (TPSA) is 96.7 Å². The van der Waals surface area contributed by atoms with Crippen molar-refractivity contribution in [1.29, 1.82) is 0 Å². The lowest BCUT2D eigenvalue weighted by Gasteiger charge is -2.10. The summed E-state index contributed by atoms with van der Waals surface area (Å²) in [5.74, 6) is 0. The highest BCUT2D eigenvalue weighted by atomic mass is 32.2. The maximum absolute atomic E-state index is 12.2.